The Morgan fingerprint density at radius 2 is 2.30 bits per heavy atom. The number of rotatable bonds is 0. The predicted molar refractivity (Wildman–Crippen MR) is 39.7 cm³/mol. The minimum Gasteiger partial charge on any atom is -0.391 e. The first-order chi connectivity index (χ1) is 4.79. The molecule has 56 valence electrons. The molecule has 2 rings (SSSR count). The van der Waals surface area contributed by atoms with Gasteiger partial charge in [-0.3, -0.25) is 4.90 Å². The fraction of sp³-hybridized carbons (Fsp3) is 0.750. The van der Waals surface area contributed by atoms with E-state index >= 15 is 0 Å². The van der Waals surface area contributed by atoms with Crippen LogP contribution < -0.4 is 0 Å². The van der Waals surface area contributed by atoms with Crippen LogP contribution in [-0.2, 0) is 0 Å². The lowest BCUT2D eigenvalue weighted by atomic mass is 10.1. The molecule has 0 aromatic carbocycles. The van der Waals surface area contributed by atoms with E-state index < -0.39 is 0 Å². The number of hydrogen-bond acceptors (Lipinski definition) is 2. The van der Waals surface area contributed by atoms with Gasteiger partial charge in [-0.05, 0) is 12.8 Å². The van der Waals surface area contributed by atoms with Gasteiger partial charge in [-0.15, -0.1) is 0 Å². The van der Waals surface area contributed by atoms with Gasteiger partial charge in [0.05, 0.1) is 12.1 Å². The van der Waals surface area contributed by atoms with Crippen molar-refractivity contribution >= 4 is 0 Å². The summed E-state index contributed by atoms with van der Waals surface area (Å²) in [6.45, 7) is 6.12. The summed E-state index contributed by atoms with van der Waals surface area (Å²) in [6.07, 6.45) is 1.89. The van der Waals surface area contributed by atoms with Crippen LogP contribution in [0.25, 0.3) is 0 Å². The highest BCUT2D eigenvalue weighted by molar-refractivity contribution is 5.17. The highest BCUT2D eigenvalue weighted by Crippen LogP contribution is 2.30. The molecule has 2 heteroatoms. The Labute approximate surface area is 61.1 Å². The van der Waals surface area contributed by atoms with Gasteiger partial charge in [0, 0.05) is 13.1 Å². The van der Waals surface area contributed by atoms with Crippen LogP contribution in [0, 0.1) is 0 Å². The van der Waals surface area contributed by atoms with E-state index in [0.29, 0.717) is 6.04 Å². The maximum atomic E-state index is 9.47. The monoisotopic (exact) mass is 139 g/mol. The minimum absolute atomic E-state index is 0.130. The van der Waals surface area contributed by atoms with Gasteiger partial charge in [-0.25, -0.2) is 0 Å². The molecule has 0 spiro atoms. The van der Waals surface area contributed by atoms with Crippen molar-refractivity contribution in [2.24, 2.45) is 0 Å². The second-order valence-electron chi connectivity index (χ2n) is 3.25. The molecule has 2 atom stereocenters. The summed E-state index contributed by atoms with van der Waals surface area (Å²) in [4.78, 5) is 2.33. The van der Waals surface area contributed by atoms with Gasteiger partial charge < -0.3 is 5.11 Å². The molecule has 0 aromatic heterocycles. The topological polar surface area (TPSA) is 23.5 Å². The molecule has 0 unspecified atom stereocenters. The maximum Gasteiger partial charge on any atom is 0.0745 e. The highest BCUT2D eigenvalue weighted by Gasteiger charge is 2.38. The van der Waals surface area contributed by atoms with Crippen LogP contribution in [0.2, 0.25) is 0 Å². The quantitative estimate of drug-likeness (QED) is 0.490. The van der Waals surface area contributed by atoms with Crippen LogP contribution in [0.15, 0.2) is 12.2 Å². The van der Waals surface area contributed by atoms with Crippen LogP contribution in [-0.4, -0.2) is 35.2 Å². The molecule has 2 nitrogen and oxygen atoms in total. The third-order valence-electron chi connectivity index (χ3n) is 2.61. The van der Waals surface area contributed by atoms with Gasteiger partial charge in [0.1, 0.15) is 0 Å². The first kappa shape index (κ1) is 6.38. The van der Waals surface area contributed by atoms with E-state index in [-0.39, 0.29) is 6.10 Å². The molecular weight excluding hydrogens is 126 g/mol. The van der Waals surface area contributed by atoms with Crippen LogP contribution in [0.3, 0.4) is 0 Å². The van der Waals surface area contributed by atoms with E-state index in [1.165, 1.54) is 5.57 Å². The molecule has 0 radical (unpaired) electrons. The van der Waals surface area contributed by atoms with Gasteiger partial charge in [0.2, 0.25) is 0 Å². The first-order valence-electron chi connectivity index (χ1n) is 3.89. The Morgan fingerprint density at radius 3 is 3.00 bits per heavy atom. The molecular formula is C8H13NO. The maximum absolute atomic E-state index is 9.47. The summed E-state index contributed by atoms with van der Waals surface area (Å²) in [7, 11) is 0. The van der Waals surface area contributed by atoms with Crippen LogP contribution >= 0.6 is 0 Å². The molecule has 2 fully saturated rings. The third-order valence-corrected chi connectivity index (χ3v) is 2.61. The molecule has 2 saturated heterocycles. The van der Waals surface area contributed by atoms with Gasteiger partial charge in [0.15, 0.2) is 0 Å². The molecule has 10 heavy (non-hydrogen) atoms. The molecule has 0 aliphatic carbocycles. The van der Waals surface area contributed by atoms with E-state index in [1.807, 2.05) is 0 Å². The van der Waals surface area contributed by atoms with Crippen molar-refractivity contribution in [3.63, 3.8) is 0 Å². The number of aliphatic hydroxyl groups is 1. The van der Waals surface area contributed by atoms with Crippen LogP contribution in [0.4, 0.5) is 0 Å². The zero-order valence-corrected chi connectivity index (χ0v) is 6.08. The van der Waals surface area contributed by atoms with Crippen molar-refractivity contribution in [1.29, 1.82) is 0 Å². The van der Waals surface area contributed by atoms with E-state index in [1.54, 1.807) is 0 Å². The zero-order chi connectivity index (χ0) is 7.14. The second-order valence-corrected chi connectivity index (χ2v) is 3.25. The molecule has 2 aliphatic rings. The summed E-state index contributed by atoms with van der Waals surface area (Å²) < 4.78 is 0. The number of hydrogen-bond donors (Lipinski definition) is 1. The summed E-state index contributed by atoms with van der Waals surface area (Å²) in [5.41, 5.74) is 1.23. The molecule has 2 heterocycles. The SMILES string of the molecule is C=C1CCN2CC[C@@H](O)[C@H]12. The molecule has 0 aromatic rings. The van der Waals surface area contributed by atoms with Crippen LogP contribution in [0.1, 0.15) is 12.8 Å². The molecule has 0 saturated carbocycles. The van der Waals surface area contributed by atoms with Gasteiger partial charge in [-0.1, -0.05) is 12.2 Å². The zero-order valence-electron chi connectivity index (χ0n) is 6.08. The Balaban J connectivity index is 2.19. The van der Waals surface area contributed by atoms with Crippen molar-refractivity contribution in [2.75, 3.05) is 13.1 Å². The summed E-state index contributed by atoms with van der Waals surface area (Å²) in [6, 6.07) is 0.306. The normalized spacial score (nSPS) is 40.7. The molecule has 0 amide bonds. The third kappa shape index (κ3) is 0.724. The Morgan fingerprint density at radius 1 is 1.50 bits per heavy atom. The van der Waals surface area contributed by atoms with E-state index in [4.69, 9.17) is 0 Å². The summed E-state index contributed by atoms with van der Waals surface area (Å²) >= 11 is 0. The van der Waals surface area contributed by atoms with E-state index in [0.717, 1.165) is 25.9 Å². The van der Waals surface area contributed by atoms with Crippen molar-refractivity contribution in [3.05, 3.63) is 12.2 Å². The minimum atomic E-state index is -0.130. The lowest BCUT2D eigenvalue weighted by molar-refractivity contribution is 0.151. The fourth-order valence-electron chi connectivity index (χ4n) is 2.05. The molecule has 1 N–H and O–H groups in total. The van der Waals surface area contributed by atoms with E-state index in [9.17, 15) is 5.11 Å². The lowest BCUT2D eigenvalue weighted by Gasteiger charge is -2.16. The fourth-order valence-corrected chi connectivity index (χ4v) is 2.05. The summed E-state index contributed by atoms with van der Waals surface area (Å²) in [5, 5.41) is 9.47. The average molecular weight is 139 g/mol. The smallest absolute Gasteiger partial charge is 0.0745 e. The Hall–Kier alpha value is -0.340. The summed E-state index contributed by atoms with van der Waals surface area (Å²) in [5.74, 6) is 0. The van der Waals surface area contributed by atoms with Gasteiger partial charge in [-0.2, -0.15) is 0 Å². The Bertz CT molecular complexity index is 167. The number of aliphatic hydroxyl groups excluding tert-OH is 1. The van der Waals surface area contributed by atoms with E-state index in [2.05, 4.69) is 11.5 Å². The predicted octanol–water partition coefficient (Wildman–Crippen LogP) is 0.382. The van der Waals surface area contributed by atoms with Gasteiger partial charge >= 0.3 is 0 Å². The molecule has 0 bridgehead atoms. The standard InChI is InChI=1S/C8H13NO/c1-6-2-4-9-5-3-7(10)8(6)9/h7-8,10H,1-5H2/t7-,8+/m1/s1. The second kappa shape index (κ2) is 2.07. The van der Waals surface area contributed by atoms with Crippen molar-refractivity contribution < 1.29 is 5.11 Å². The largest absolute Gasteiger partial charge is 0.391 e. The lowest BCUT2D eigenvalue weighted by Crippen LogP contribution is -2.29. The van der Waals surface area contributed by atoms with Crippen molar-refractivity contribution in [1.82, 2.24) is 4.90 Å². The Kier molecular flexibility index (Phi) is 1.32. The van der Waals surface area contributed by atoms with Gasteiger partial charge in [0.25, 0.3) is 0 Å². The van der Waals surface area contributed by atoms with Crippen LogP contribution in [0.5, 0.6) is 0 Å². The highest BCUT2D eigenvalue weighted by atomic mass is 16.3. The number of nitrogens with zero attached hydrogens (tertiary/aromatic N) is 1. The number of fused-ring (bicyclic) bond motifs is 1. The first-order valence-corrected chi connectivity index (χ1v) is 3.89. The average Bonchev–Trinajstić information content (AvgIpc) is 2.40. The molecule has 2 aliphatic heterocycles. The van der Waals surface area contributed by atoms with Crippen molar-refractivity contribution in [3.8, 4) is 0 Å². The van der Waals surface area contributed by atoms with Crippen molar-refractivity contribution in [2.45, 2.75) is 25.0 Å².